The average Bonchev–Trinajstić information content (AvgIpc) is 2.62. The van der Waals surface area contributed by atoms with Gasteiger partial charge in [0.25, 0.3) is 0 Å². The first-order chi connectivity index (χ1) is 11.7. The molecule has 4 nitrogen and oxygen atoms in total. The third-order valence-corrected chi connectivity index (χ3v) is 3.82. The highest BCUT2D eigenvalue weighted by molar-refractivity contribution is 5.70. The maximum atomic E-state index is 11.9. The van der Waals surface area contributed by atoms with Crippen LogP contribution in [0.1, 0.15) is 30.5 Å². The Morgan fingerprint density at radius 3 is 2.62 bits per heavy atom. The smallest absolute Gasteiger partial charge is 0.307 e. The van der Waals surface area contributed by atoms with Gasteiger partial charge in [-0.2, -0.15) is 0 Å². The van der Waals surface area contributed by atoms with Gasteiger partial charge >= 0.3 is 5.97 Å². The van der Waals surface area contributed by atoms with Crippen LogP contribution in [0.3, 0.4) is 0 Å². The summed E-state index contributed by atoms with van der Waals surface area (Å²) < 4.78 is 10.3. The Morgan fingerprint density at radius 2 is 1.92 bits per heavy atom. The van der Waals surface area contributed by atoms with E-state index in [0.29, 0.717) is 13.0 Å². The van der Waals surface area contributed by atoms with Crippen LogP contribution in [-0.2, 0) is 16.0 Å². The van der Waals surface area contributed by atoms with E-state index < -0.39 is 0 Å². The van der Waals surface area contributed by atoms with E-state index in [4.69, 9.17) is 9.47 Å². The first-order valence-corrected chi connectivity index (χ1v) is 8.29. The molecule has 0 amide bonds. The molecule has 24 heavy (non-hydrogen) atoms. The highest BCUT2D eigenvalue weighted by Crippen LogP contribution is 2.18. The molecule has 0 bridgehead atoms. The van der Waals surface area contributed by atoms with Gasteiger partial charge in [0.1, 0.15) is 5.75 Å². The van der Waals surface area contributed by atoms with Crippen molar-refractivity contribution in [3.8, 4) is 5.75 Å². The summed E-state index contributed by atoms with van der Waals surface area (Å²) in [5.74, 6) is 0.680. The fourth-order valence-electron chi connectivity index (χ4n) is 2.60. The first-order valence-electron chi connectivity index (χ1n) is 8.29. The van der Waals surface area contributed by atoms with Gasteiger partial charge in [-0.05, 0) is 43.1 Å². The second-order valence-corrected chi connectivity index (χ2v) is 5.53. The number of benzene rings is 2. The lowest BCUT2D eigenvalue weighted by molar-refractivity contribution is -0.143. The van der Waals surface area contributed by atoms with Crippen molar-refractivity contribution < 1.29 is 14.3 Å². The number of nitrogens with one attached hydrogen (secondary N) is 1. The van der Waals surface area contributed by atoms with E-state index in [1.807, 2.05) is 55.5 Å². The minimum atomic E-state index is -0.180. The molecule has 0 aliphatic rings. The van der Waals surface area contributed by atoms with Crippen LogP contribution in [0, 0.1) is 0 Å². The maximum absolute atomic E-state index is 11.9. The summed E-state index contributed by atoms with van der Waals surface area (Å²) in [5, 5.41) is 3.47. The highest BCUT2D eigenvalue weighted by atomic mass is 16.5. The summed E-state index contributed by atoms with van der Waals surface area (Å²) in [6, 6.07) is 18.0. The molecule has 1 atom stereocenters. The summed E-state index contributed by atoms with van der Waals surface area (Å²) in [7, 11) is 1.67. The molecule has 4 heteroatoms. The lowest BCUT2D eigenvalue weighted by Gasteiger charge is -2.18. The molecule has 1 unspecified atom stereocenters. The molecule has 2 aromatic carbocycles. The number of rotatable bonds is 9. The van der Waals surface area contributed by atoms with Gasteiger partial charge in [-0.3, -0.25) is 4.79 Å². The minimum Gasteiger partial charge on any atom is -0.497 e. The van der Waals surface area contributed by atoms with E-state index in [2.05, 4.69) is 11.4 Å². The molecule has 0 aromatic heterocycles. The van der Waals surface area contributed by atoms with E-state index in [9.17, 15) is 4.79 Å². The molecule has 0 aliphatic heterocycles. The highest BCUT2D eigenvalue weighted by Gasteiger charge is 2.16. The zero-order valence-electron chi connectivity index (χ0n) is 14.3. The number of carbonyl (C=O) groups is 1. The predicted molar refractivity (Wildman–Crippen MR) is 95.1 cm³/mol. The number of methoxy groups -OCH3 is 1. The van der Waals surface area contributed by atoms with E-state index in [1.54, 1.807) is 7.11 Å². The molecule has 0 saturated carbocycles. The van der Waals surface area contributed by atoms with Crippen LogP contribution in [0.4, 0.5) is 0 Å². The molecule has 1 N–H and O–H groups in total. The number of carbonyl (C=O) groups excluding carboxylic acids is 1. The average molecular weight is 327 g/mol. The maximum Gasteiger partial charge on any atom is 0.307 e. The van der Waals surface area contributed by atoms with E-state index in [0.717, 1.165) is 24.3 Å². The van der Waals surface area contributed by atoms with Crippen molar-refractivity contribution in [3.63, 3.8) is 0 Å². The van der Waals surface area contributed by atoms with Crippen LogP contribution in [0.5, 0.6) is 5.75 Å². The topological polar surface area (TPSA) is 47.6 Å². The van der Waals surface area contributed by atoms with Gasteiger partial charge in [0.05, 0.1) is 20.1 Å². The van der Waals surface area contributed by atoms with Gasteiger partial charge in [-0.25, -0.2) is 0 Å². The van der Waals surface area contributed by atoms with E-state index in [-0.39, 0.29) is 12.0 Å². The lowest BCUT2D eigenvalue weighted by Crippen LogP contribution is -2.26. The Hall–Kier alpha value is -2.33. The second-order valence-electron chi connectivity index (χ2n) is 5.53. The van der Waals surface area contributed by atoms with Crippen molar-refractivity contribution in [2.24, 2.45) is 0 Å². The summed E-state index contributed by atoms with van der Waals surface area (Å²) in [6.07, 6.45) is 1.19. The SMILES string of the molecule is CCOC(=O)CC(NCCc1cccc(OC)c1)c1ccccc1. The number of hydrogen-bond donors (Lipinski definition) is 1. The summed E-state index contributed by atoms with van der Waals surface area (Å²) >= 11 is 0. The summed E-state index contributed by atoms with van der Waals surface area (Å²) in [6.45, 7) is 3.00. The molecular formula is C20H25NO3. The molecule has 0 aliphatic carbocycles. The van der Waals surface area contributed by atoms with Gasteiger partial charge in [-0.1, -0.05) is 42.5 Å². The Kier molecular flexibility index (Phi) is 7.30. The van der Waals surface area contributed by atoms with Gasteiger partial charge in [0, 0.05) is 6.04 Å². The van der Waals surface area contributed by atoms with Crippen LogP contribution in [0.15, 0.2) is 54.6 Å². The molecule has 0 spiro atoms. The Bertz CT molecular complexity index is 628. The zero-order chi connectivity index (χ0) is 17.2. The van der Waals surface area contributed by atoms with Gasteiger partial charge < -0.3 is 14.8 Å². The standard InChI is InChI=1S/C20H25NO3/c1-3-24-20(22)15-19(17-9-5-4-6-10-17)21-13-12-16-8-7-11-18(14-16)23-2/h4-11,14,19,21H,3,12-13,15H2,1-2H3. The number of esters is 1. The third kappa shape index (κ3) is 5.70. The molecule has 2 aromatic rings. The van der Waals surface area contributed by atoms with Crippen LogP contribution in [-0.4, -0.2) is 26.2 Å². The van der Waals surface area contributed by atoms with Gasteiger partial charge in [0.15, 0.2) is 0 Å². The second kappa shape index (κ2) is 9.73. The lowest BCUT2D eigenvalue weighted by atomic mass is 10.0. The van der Waals surface area contributed by atoms with E-state index >= 15 is 0 Å². The fraction of sp³-hybridized carbons (Fsp3) is 0.350. The number of ether oxygens (including phenoxy) is 2. The van der Waals surface area contributed by atoms with Gasteiger partial charge in [-0.15, -0.1) is 0 Å². The molecule has 0 fully saturated rings. The third-order valence-electron chi connectivity index (χ3n) is 3.82. The quantitative estimate of drug-likeness (QED) is 0.716. The van der Waals surface area contributed by atoms with Gasteiger partial charge in [0.2, 0.25) is 0 Å². The van der Waals surface area contributed by atoms with Crippen molar-refractivity contribution in [2.75, 3.05) is 20.3 Å². The normalized spacial score (nSPS) is 11.8. The minimum absolute atomic E-state index is 0.0455. The zero-order valence-corrected chi connectivity index (χ0v) is 14.3. The van der Waals surface area contributed by atoms with Crippen molar-refractivity contribution in [1.82, 2.24) is 5.32 Å². The molecule has 2 rings (SSSR count). The molecule has 0 heterocycles. The molecule has 0 saturated heterocycles. The molecule has 0 radical (unpaired) electrons. The Morgan fingerprint density at radius 1 is 1.12 bits per heavy atom. The van der Waals surface area contributed by atoms with Crippen molar-refractivity contribution in [1.29, 1.82) is 0 Å². The van der Waals surface area contributed by atoms with Crippen molar-refractivity contribution in [2.45, 2.75) is 25.8 Å². The fourth-order valence-corrected chi connectivity index (χ4v) is 2.60. The first kappa shape index (κ1) is 18.0. The van der Waals surface area contributed by atoms with Crippen LogP contribution >= 0.6 is 0 Å². The summed E-state index contributed by atoms with van der Waals surface area (Å²) in [4.78, 5) is 11.9. The monoisotopic (exact) mass is 327 g/mol. The summed E-state index contributed by atoms with van der Waals surface area (Å²) in [5.41, 5.74) is 2.29. The van der Waals surface area contributed by atoms with Crippen molar-refractivity contribution in [3.05, 3.63) is 65.7 Å². The Labute approximate surface area is 143 Å². The molecule has 128 valence electrons. The van der Waals surface area contributed by atoms with Crippen LogP contribution in [0.25, 0.3) is 0 Å². The van der Waals surface area contributed by atoms with Crippen LogP contribution in [0.2, 0.25) is 0 Å². The predicted octanol–water partition coefficient (Wildman–Crippen LogP) is 3.52. The van der Waals surface area contributed by atoms with Crippen molar-refractivity contribution >= 4 is 5.97 Å². The Balaban J connectivity index is 1.96. The number of hydrogen-bond acceptors (Lipinski definition) is 4. The van der Waals surface area contributed by atoms with E-state index in [1.165, 1.54) is 5.56 Å². The largest absolute Gasteiger partial charge is 0.497 e. The van der Waals surface area contributed by atoms with Crippen LogP contribution < -0.4 is 10.1 Å². The molecular weight excluding hydrogens is 302 g/mol.